The maximum absolute atomic E-state index is 10.7. The van der Waals surface area contributed by atoms with Crippen LogP contribution < -0.4 is 5.73 Å². The van der Waals surface area contributed by atoms with E-state index in [1.807, 2.05) is 13.0 Å². The quantitative estimate of drug-likeness (QED) is 0.633. The van der Waals surface area contributed by atoms with Gasteiger partial charge in [-0.05, 0) is 12.5 Å². The molecule has 2 aromatic rings. The van der Waals surface area contributed by atoms with Crippen LogP contribution in [0.4, 0.5) is 5.69 Å². The highest BCUT2D eigenvalue weighted by molar-refractivity contribution is 5.36. The van der Waals surface area contributed by atoms with Gasteiger partial charge in [0.15, 0.2) is 0 Å². The van der Waals surface area contributed by atoms with Crippen LogP contribution in [-0.2, 0) is 13.0 Å². The molecule has 0 saturated carbocycles. The van der Waals surface area contributed by atoms with Gasteiger partial charge in [0.1, 0.15) is 5.82 Å². The van der Waals surface area contributed by atoms with Gasteiger partial charge < -0.3 is 10.7 Å². The van der Waals surface area contributed by atoms with Crippen molar-refractivity contribution in [2.45, 2.75) is 19.9 Å². The van der Waals surface area contributed by atoms with Gasteiger partial charge in [-0.25, -0.2) is 4.98 Å². The first-order valence-electron chi connectivity index (χ1n) is 5.58. The van der Waals surface area contributed by atoms with Gasteiger partial charge in [0.25, 0.3) is 5.69 Å². The molecule has 0 atom stereocenters. The Labute approximate surface area is 104 Å². The molecule has 6 nitrogen and oxygen atoms in total. The lowest BCUT2D eigenvalue weighted by atomic mass is 10.1. The average Bonchev–Trinajstić information content (AvgIpc) is 2.70. The van der Waals surface area contributed by atoms with E-state index >= 15 is 0 Å². The first kappa shape index (κ1) is 12.3. The minimum Gasteiger partial charge on any atom is -0.345 e. The molecule has 0 amide bonds. The van der Waals surface area contributed by atoms with E-state index in [0.29, 0.717) is 13.0 Å². The largest absolute Gasteiger partial charge is 0.345 e. The van der Waals surface area contributed by atoms with Crippen LogP contribution in [0.25, 0.3) is 0 Å². The number of nitrogens with zero attached hydrogens (tertiary/aromatic N) is 2. The number of aromatic amines is 1. The minimum absolute atomic E-state index is 0.0970. The van der Waals surface area contributed by atoms with Gasteiger partial charge in [-0.15, -0.1) is 0 Å². The Kier molecular flexibility index (Phi) is 3.38. The van der Waals surface area contributed by atoms with Crippen LogP contribution in [0.1, 0.15) is 22.8 Å². The van der Waals surface area contributed by atoms with Crippen LogP contribution in [0.2, 0.25) is 0 Å². The first-order valence-corrected chi connectivity index (χ1v) is 5.58. The van der Waals surface area contributed by atoms with Crippen LogP contribution in [0.3, 0.4) is 0 Å². The van der Waals surface area contributed by atoms with E-state index in [0.717, 1.165) is 22.8 Å². The van der Waals surface area contributed by atoms with Gasteiger partial charge in [-0.3, -0.25) is 10.1 Å². The molecule has 0 aliphatic rings. The lowest BCUT2D eigenvalue weighted by Crippen LogP contribution is -1.98. The van der Waals surface area contributed by atoms with Crippen LogP contribution in [0.15, 0.2) is 24.3 Å². The smallest absolute Gasteiger partial charge is 0.269 e. The topological polar surface area (TPSA) is 97.8 Å². The fraction of sp³-hybridized carbons (Fsp3) is 0.250. The van der Waals surface area contributed by atoms with Crippen LogP contribution in [0.5, 0.6) is 0 Å². The predicted molar refractivity (Wildman–Crippen MR) is 67.1 cm³/mol. The summed E-state index contributed by atoms with van der Waals surface area (Å²) in [6.07, 6.45) is 0.560. The molecule has 1 aromatic heterocycles. The van der Waals surface area contributed by atoms with Crippen molar-refractivity contribution in [2.75, 3.05) is 0 Å². The highest BCUT2D eigenvalue weighted by Crippen LogP contribution is 2.17. The molecule has 1 heterocycles. The number of aromatic nitrogens is 2. The van der Waals surface area contributed by atoms with Gasteiger partial charge in [-0.2, -0.15) is 0 Å². The van der Waals surface area contributed by atoms with E-state index in [4.69, 9.17) is 5.73 Å². The number of non-ortho nitro benzene ring substituents is 1. The molecular weight excluding hydrogens is 232 g/mol. The van der Waals surface area contributed by atoms with Crippen molar-refractivity contribution in [3.05, 3.63) is 57.2 Å². The summed E-state index contributed by atoms with van der Waals surface area (Å²) in [6.45, 7) is 2.27. The number of rotatable bonds is 4. The van der Waals surface area contributed by atoms with Gasteiger partial charge in [-0.1, -0.05) is 12.1 Å². The van der Waals surface area contributed by atoms with Crippen molar-refractivity contribution < 1.29 is 4.92 Å². The highest BCUT2D eigenvalue weighted by atomic mass is 16.6. The molecule has 0 fully saturated rings. The monoisotopic (exact) mass is 246 g/mol. The Hall–Kier alpha value is -2.21. The average molecular weight is 246 g/mol. The summed E-state index contributed by atoms with van der Waals surface area (Å²) in [4.78, 5) is 17.7. The number of nitro benzene ring substituents is 1. The molecule has 0 unspecified atom stereocenters. The Balaban J connectivity index is 2.25. The molecule has 2 rings (SSSR count). The molecule has 0 bridgehead atoms. The number of nitrogens with two attached hydrogens (primary N) is 1. The summed E-state index contributed by atoms with van der Waals surface area (Å²) in [6, 6.07) is 6.57. The zero-order valence-electron chi connectivity index (χ0n) is 10.0. The number of hydrogen-bond acceptors (Lipinski definition) is 4. The summed E-state index contributed by atoms with van der Waals surface area (Å²) in [5, 5.41) is 10.7. The molecule has 0 aliphatic carbocycles. The molecular formula is C12H14N4O2. The van der Waals surface area contributed by atoms with Gasteiger partial charge in [0.05, 0.1) is 17.2 Å². The zero-order chi connectivity index (χ0) is 13.1. The zero-order valence-corrected chi connectivity index (χ0v) is 10.0. The van der Waals surface area contributed by atoms with Crippen molar-refractivity contribution in [3.8, 4) is 0 Å². The van der Waals surface area contributed by atoms with Crippen molar-refractivity contribution in [2.24, 2.45) is 5.73 Å². The lowest BCUT2D eigenvalue weighted by Gasteiger charge is -1.99. The Morgan fingerprint density at radius 3 is 2.89 bits per heavy atom. The second-order valence-corrected chi connectivity index (χ2v) is 4.06. The summed E-state index contributed by atoms with van der Waals surface area (Å²) in [5.74, 6) is 0.730. The number of aryl methyl sites for hydroxylation is 1. The highest BCUT2D eigenvalue weighted by Gasteiger charge is 2.10. The maximum Gasteiger partial charge on any atom is 0.269 e. The molecule has 1 aromatic carbocycles. The SMILES string of the molecule is Cc1[nH]c(CN)nc1Cc1cccc([N+](=O)[O-])c1. The minimum atomic E-state index is -0.397. The normalized spacial score (nSPS) is 10.6. The fourth-order valence-corrected chi connectivity index (χ4v) is 1.81. The van der Waals surface area contributed by atoms with Crippen LogP contribution in [-0.4, -0.2) is 14.9 Å². The Bertz CT molecular complexity index is 577. The molecule has 0 saturated heterocycles. The molecule has 94 valence electrons. The van der Waals surface area contributed by atoms with Gasteiger partial charge in [0, 0.05) is 24.2 Å². The first-order chi connectivity index (χ1) is 8.60. The third kappa shape index (κ3) is 2.54. The number of nitro groups is 1. The van der Waals surface area contributed by atoms with Crippen molar-refractivity contribution in [3.63, 3.8) is 0 Å². The van der Waals surface area contributed by atoms with Crippen LogP contribution in [0, 0.1) is 17.0 Å². The second-order valence-electron chi connectivity index (χ2n) is 4.06. The van der Waals surface area contributed by atoms with Crippen LogP contribution >= 0.6 is 0 Å². The van der Waals surface area contributed by atoms with E-state index in [2.05, 4.69) is 9.97 Å². The van der Waals surface area contributed by atoms with Gasteiger partial charge in [0.2, 0.25) is 0 Å². The van der Waals surface area contributed by atoms with E-state index in [-0.39, 0.29) is 5.69 Å². The number of H-pyrrole nitrogens is 1. The standard InChI is InChI=1S/C12H14N4O2/c1-8-11(15-12(7-13)14-8)6-9-3-2-4-10(5-9)16(17)18/h2-5H,6-7,13H2,1H3,(H,14,15). The molecule has 18 heavy (non-hydrogen) atoms. The predicted octanol–water partition coefficient (Wildman–Crippen LogP) is 1.68. The Morgan fingerprint density at radius 1 is 1.50 bits per heavy atom. The number of benzene rings is 1. The summed E-state index contributed by atoms with van der Waals surface area (Å²) < 4.78 is 0. The van der Waals surface area contributed by atoms with Gasteiger partial charge >= 0.3 is 0 Å². The van der Waals surface area contributed by atoms with E-state index in [9.17, 15) is 10.1 Å². The second kappa shape index (κ2) is 4.97. The number of nitrogens with one attached hydrogen (secondary N) is 1. The fourth-order valence-electron chi connectivity index (χ4n) is 1.81. The van der Waals surface area contributed by atoms with Crippen molar-refractivity contribution >= 4 is 5.69 Å². The third-order valence-electron chi connectivity index (χ3n) is 2.72. The summed E-state index contributed by atoms with van der Waals surface area (Å²) in [5.41, 5.74) is 8.28. The van der Waals surface area contributed by atoms with Crippen molar-refractivity contribution in [1.82, 2.24) is 9.97 Å². The van der Waals surface area contributed by atoms with E-state index in [1.54, 1.807) is 12.1 Å². The van der Waals surface area contributed by atoms with E-state index < -0.39 is 4.92 Å². The molecule has 0 spiro atoms. The molecule has 3 N–H and O–H groups in total. The van der Waals surface area contributed by atoms with Crippen molar-refractivity contribution in [1.29, 1.82) is 0 Å². The molecule has 6 heteroatoms. The number of hydrogen-bond donors (Lipinski definition) is 2. The maximum atomic E-state index is 10.7. The third-order valence-corrected chi connectivity index (χ3v) is 2.72. The summed E-state index contributed by atoms with van der Waals surface area (Å²) >= 11 is 0. The van der Waals surface area contributed by atoms with E-state index in [1.165, 1.54) is 6.07 Å². The molecule has 0 aliphatic heterocycles. The lowest BCUT2D eigenvalue weighted by molar-refractivity contribution is -0.384. The number of imidazole rings is 1. The Morgan fingerprint density at radius 2 is 2.28 bits per heavy atom. The molecule has 0 radical (unpaired) electrons. The summed E-state index contributed by atoms with van der Waals surface area (Å²) in [7, 11) is 0.